The summed E-state index contributed by atoms with van der Waals surface area (Å²) in [7, 11) is -4.41. The van der Waals surface area contributed by atoms with Gasteiger partial charge in [-0.2, -0.15) is 0 Å². The number of hydrogen-bond donors (Lipinski definition) is 1. The molecule has 1 atom stereocenters. The fourth-order valence-electron chi connectivity index (χ4n) is 4.94. The van der Waals surface area contributed by atoms with Gasteiger partial charge in [-0.1, -0.05) is 131 Å². The Labute approximate surface area is 220 Å². The minimum Gasteiger partial charge on any atom is -0.407 e. The molecule has 0 fully saturated rings. The van der Waals surface area contributed by atoms with Crippen molar-refractivity contribution in [3.8, 4) is 11.8 Å². The molecule has 1 N–H and O–H groups in total. The summed E-state index contributed by atoms with van der Waals surface area (Å²) >= 11 is 0. The maximum atomic E-state index is 11.6. The molecule has 0 aliphatic rings. The van der Waals surface area contributed by atoms with Gasteiger partial charge in [0.1, 0.15) is 0 Å². The summed E-state index contributed by atoms with van der Waals surface area (Å²) in [4.78, 5) is 0. The molecule has 3 rings (SSSR count). The van der Waals surface area contributed by atoms with Gasteiger partial charge in [-0.05, 0) is 27.4 Å². The van der Waals surface area contributed by atoms with Gasteiger partial charge >= 0.3 is 0 Å². The largest absolute Gasteiger partial charge is 0.407 e. The Morgan fingerprint density at radius 1 is 0.722 bits per heavy atom. The van der Waals surface area contributed by atoms with Crippen molar-refractivity contribution in [1.29, 1.82) is 0 Å². The van der Waals surface area contributed by atoms with E-state index >= 15 is 0 Å². The second-order valence-corrected chi connectivity index (χ2v) is 21.3. The van der Waals surface area contributed by atoms with Gasteiger partial charge in [0, 0.05) is 19.4 Å². The average molecular weight is 515 g/mol. The van der Waals surface area contributed by atoms with Gasteiger partial charge in [0.25, 0.3) is 8.32 Å². The van der Waals surface area contributed by atoms with E-state index in [1.54, 1.807) is 0 Å². The summed E-state index contributed by atoms with van der Waals surface area (Å²) in [6, 6.07) is 31.6. The zero-order chi connectivity index (χ0) is 26.3. The van der Waals surface area contributed by atoms with Crippen molar-refractivity contribution in [2.75, 3.05) is 6.61 Å². The number of benzene rings is 3. The summed E-state index contributed by atoms with van der Waals surface area (Å²) in [5.74, 6) is 6.65. The van der Waals surface area contributed by atoms with Crippen LogP contribution >= 0.6 is 0 Å². The quantitative estimate of drug-likeness (QED) is 0.201. The molecule has 0 amide bonds. The van der Waals surface area contributed by atoms with Gasteiger partial charge in [-0.25, -0.2) is 0 Å². The molecule has 0 heterocycles. The molecule has 1 unspecified atom stereocenters. The number of unbranched alkanes of at least 4 members (excludes halogenated alkanes) is 1. The van der Waals surface area contributed by atoms with Crippen LogP contribution in [0.4, 0.5) is 0 Å². The van der Waals surface area contributed by atoms with E-state index in [0.29, 0.717) is 13.0 Å². The molecule has 0 aliphatic heterocycles. The molecular formula is C32H42O2Si2. The van der Waals surface area contributed by atoms with Gasteiger partial charge in [-0.15, -0.1) is 11.8 Å². The minimum absolute atomic E-state index is 0.0229. The molecule has 190 valence electrons. The van der Waals surface area contributed by atoms with Crippen molar-refractivity contribution in [1.82, 2.24) is 0 Å². The van der Waals surface area contributed by atoms with Crippen LogP contribution in [0, 0.1) is 11.8 Å². The second kappa shape index (κ2) is 11.7. The molecule has 0 aromatic heterocycles. The number of aliphatic hydroxyl groups is 1. The summed E-state index contributed by atoms with van der Waals surface area (Å²) < 4.78 is 6.97. The van der Waals surface area contributed by atoms with E-state index in [2.05, 4.69) is 113 Å². The van der Waals surface area contributed by atoms with Crippen LogP contribution in [0.1, 0.15) is 45.6 Å². The highest BCUT2D eigenvalue weighted by atomic mass is 28.4. The normalized spacial score (nSPS) is 14.0. The van der Waals surface area contributed by atoms with Crippen molar-refractivity contribution in [3.63, 3.8) is 0 Å². The first-order valence-corrected chi connectivity index (χ1v) is 18.4. The summed E-state index contributed by atoms with van der Waals surface area (Å²) in [6.45, 7) is 14.2. The third kappa shape index (κ3) is 6.10. The first-order valence-electron chi connectivity index (χ1n) is 13.0. The number of rotatable bonds is 9. The van der Waals surface area contributed by atoms with Gasteiger partial charge < -0.3 is 9.53 Å². The molecule has 0 spiro atoms. The maximum Gasteiger partial charge on any atom is 0.261 e. The monoisotopic (exact) mass is 514 g/mol. The molecule has 2 nitrogen and oxygen atoms in total. The first-order chi connectivity index (χ1) is 17.0. The lowest BCUT2D eigenvalue weighted by Crippen LogP contribution is -2.66. The molecule has 0 radical (unpaired) electrons. The molecule has 3 aromatic carbocycles. The third-order valence-corrected chi connectivity index (χ3v) is 15.1. The van der Waals surface area contributed by atoms with Crippen molar-refractivity contribution in [2.45, 2.75) is 69.9 Å². The van der Waals surface area contributed by atoms with Crippen LogP contribution < -0.4 is 10.4 Å². The summed E-state index contributed by atoms with van der Waals surface area (Å²) in [5, 5.41) is 13.3. The van der Waals surface area contributed by atoms with Gasteiger partial charge in [-0.3, -0.25) is 0 Å². The lowest BCUT2D eigenvalue weighted by atomic mass is 10.1. The van der Waals surface area contributed by atoms with Gasteiger partial charge in [0.05, 0.1) is 13.3 Å². The van der Waals surface area contributed by atoms with Crippen molar-refractivity contribution in [3.05, 3.63) is 96.6 Å². The lowest BCUT2D eigenvalue weighted by molar-refractivity contribution is 0.120. The van der Waals surface area contributed by atoms with E-state index in [4.69, 9.17) is 4.43 Å². The highest BCUT2D eigenvalue weighted by Gasteiger charge is 2.50. The third-order valence-electron chi connectivity index (χ3n) is 7.14. The van der Waals surface area contributed by atoms with Crippen LogP contribution in [-0.4, -0.2) is 28.1 Å². The van der Waals surface area contributed by atoms with E-state index in [0.717, 1.165) is 18.4 Å². The molecular weight excluding hydrogens is 473 g/mol. The van der Waals surface area contributed by atoms with E-state index in [9.17, 15) is 5.11 Å². The molecule has 0 saturated heterocycles. The second-order valence-electron chi connectivity index (χ2n) is 11.6. The zero-order valence-electron chi connectivity index (χ0n) is 22.8. The van der Waals surface area contributed by atoms with Crippen molar-refractivity contribution >= 4 is 26.8 Å². The Bertz CT molecular complexity index is 1100. The van der Waals surface area contributed by atoms with E-state index in [-0.39, 0.29) is 5.04 Å². The minimum atomic E-state index is -2.50. The van der Waals surface area contributed by atoms with Crippen molar-refractivity contribution < 1.29 is 9.53 Å². The van der Waals surface area contributed by atoms with Crippen LogP contribution in [-0.2, 0) is 9.65 Å². The highest BCUT2D eigenvalue weighted by Crippen LogP contribution is 2.37. The molecule has 4 heteroatoms. The Hall–Kier alpha value is -2.43. The van der Waals surface area contributed by atoms with Crippen LogP contribution in [0.25, 0.3) is 0 Å². The summed E-state index contributed by atoms with van der Waals surface area (Å²) in [5.41, 5.74) is 0.980. The maximum absolute atomic E-state index is 11.6. The topological polar surface area (TPSA) is 29.5 Å². The fraction of sp³-hybridized carbons (Fsp3) is 0.375. The van der Waals surface area contributed by atoms with Crippen molar-refractivity contribution in [2.24, 2.45) is 0 Å². The van der Waals surface area contributed by atoms with Crippen LogP contribution in [0.2, 0.25) is 24.7 Å². The predicted molar refractivity (Wildman–Crippen MR) is 159 cm³/mol. The van der Waals surface area contributed by atoms with Gasteiger partial charge in [0.2, 0.25) is 0 Å². The Morgan fingerprint density at radius 2 is 1.19 bits per heavy atom. The Balaban J connectivity index is 1.73. The van der Waals surface area contributed by atoms with Gasteiger partial charge in [0.15, 0.2) is 0 Å². The molecule has 0 saturated carbocycles. The molecule has 0 aliphatic carbocycles. The predicted octanol–water partition coefficient (Wildman–Crippen LogP) is 6.50. The smallest absolute Gasteiger partial charge is 0.261 e. The van der Waals surface area contributed by atoms with Crippen LogP contribution in [0.15, 0.2) is 91.0 Å². The summed E-state index contributed by atoms with van der Waals surface area (Å²) in [6.07, 6.45) is 2.10. The number of hydrogen-bond acceptors (Lipinski definition) is 2. The zero-order valence-corrected chi connectivity index (χ0v) is 24.8. The van der Waals surface area contributed by atoms with E-state index < -0.39 is 21.6 Å². The SMILES string of the molecule is CC(C)(C)[Si](OCCCC#CCC(O)(c1ccccc1)[Si](C)(C)C)(c1ccccc1)c1ccccc1. The Kier molecular flexibility index (Phi) is 9.19. The fourth-order valence-corrected chi connectivity index (χ4v) is 11.2. The van der Waals surface area contributed by atoms with Crippen LogP contribution in [0.3, 0.4) is 0 Å². The molecule has 36 heavy (non-hydrogen) atoms. The standard InChI is InChI=1S/C32H42O2Si2/c1-31(2,3)36(29-22-14-10-15-23-29,30-24-16-11-17-25-30)34-27-19-8-7-18-26-32(33,35(4,5)6)28-20-12-9-13-21-28/h9-17,20-25,33H,8,19,26-27H2,1-6H3. The highest BCUT2D eigenvalue weighted by molar-refractivity contribution is 6.99. The first kappa shape index (κ1) is 28.1. The lowest BCUT2D eigenvalue weighted by Gasteiger charge is -2.43. The van der Waals surface area contributed by atoms with Crippen LogP contribution in [0.5, 0.6) is 0 Å². The molecule has 3 aromatic rings. The average Bonchev–Trinajstić information content (AvgIpc) is 2.86. The van der Waals surface area contributed by atoms with E-state index in [1.165, 1.54) is 10.4 Å². The Morgan fingerprint density at radius 3 is 1.64 bits per heavy atom. The van der Waals surface area contributed by atoms with E-state index in [1.807, 2.05) is 30.3 Å². The molecule has 0 bridgehead atoms.